The predicted molar refractivity (Wildman–Crippen MR) is 138 cm³/mol. The van der Waals surface area contributed by atoms with E-state index >= 15 is 0 Å². The number of carbonyl (C=O) groups excluding carboxylic acids is 3. The third kappa shape index (κ3) is 5.15. The second-order valence-electron chi connectivity index (χ2n) is 8.28. The van der Waals surface area contributed by atoms with E-state index in [1.807, 2.05) is 57.2 Å². The minimum Gasteiger partial charge on any atom is -0.462 e. The summed E-state index contributed by atoms with van der Waals surface area (Å²) < 4.78 is 5.09. The second kappa shape index (κ2) is 10.2. The highest BCUT2D eigenvalue weighted by molar-refractivity contribution is 8.04. The fourth-order valence-electron chi connectivity index (χ4n) is 3.80. The van der Waals surface area contributed by atoms with Crippen molar-refractivity contribution in [3.8, 4) is 0 Å². The number of benzene rings is 3. The molecule has 1 heterocycles. The molecule has 4 rings (SSSR count). The molecule has 3 aromatic rings. The van der Waals surface area contributed by atoms with Gasteiger partial charge in [0.2, 0.25) is 0 Å². The van der Waals surface area contributed by atoms with Gasteiger partial charge in [-0.2, -0.15) is 0 Å². The lowest BCUT2D eigenvalue weighted by Crippen LogP contribution is -2.33. The Morgan fingerprint density at radius 3 is 2.31 bits per heavy atom. The topological polar surface area (TPSA) is 75.7 Å². The minimum atomic E-state index is -0.454. The number of carbonyl (C=O) groups is 3. The summed E-state index contributed by atoms with van der Waals surface area (Å²) in [5, 5.41) is 3.11. The third-order valence-electron chi connectivity index (χ3n) is 5.52. The minimum absolute atomic E-state index is 0.168. The first kappa shape index (κ1) is 24.3. The summed E-state index contributed by atoms with van der Waals surface area (Å²) in [4.78, 5) is 41.7. The van der Waals surface area contributed by atoms with E-state index in [2.05, 4.69) is 5.32 Å². The molecule has 1 aliphatic heterocycles. The first-order chi connectivity index (χ1) is 16.8. The van der Waals surface area contributed by atoms with Crippen molar-refractivity contribution < 1.29 is 19.1 Å². The zero-order valence-electron chi connectivity index (χ0n) is 20.0. The Labute approximate surface area is 209 Å². The Kier molecular flexibility index (Phi) is 7.07. The van der Waals surface area contributed by atoms with Crippen LogP contribution in [0.15, 0.2) is 82.2 Å². The SMILES string of the molecule is CCOC(=O)c1cccc(NC2=C(Sc3ccc(C)cc3)C(=O)N(c3ccc(C)cc3C)C2=O)c1. The normalized spacial score (nSPS) is 13.4. The molecular weight excluding hydrogens is 460 g/mol. The number of ether oxygens (including phenoxy) is 1. The molecule has 3 aromatic carbocycles. The average molecular weight is 487 g/mol. The van der Waals surface area contributed by atoms with Crippen molar-refractivity contribution in [3.63, 3.8) is 0 Å². The van der Waals surface area contributed by atoms with Crippen LogP contribution in [-0.2, 0) is 14.3 Å². The Bertz CT molecular complexity index is 1350. The molecule has 0 unspecified atom stereocenters. The van der Waals surface area contributed by atoms with Crippen LogP contribution in [-0.4, -0.2) is 24.4 Å². The molecule has 7 heteroatoms. The molecule has 0 atom stereocenters. The van der Waals surface area contributed by atoms with Gasteiger partial charge in [-0.3, -0.25) is 9.59 Å². The van der Waals surface area contributed by atoms with E-state index in [0.717, 1.165) is 21.6 Å². The van der Waals surface area contributed by atoms with Crippen LogP contribution in [0.1, 0.15) is 34.0 Å². The monoisotopic (exact) mass is 486 g/mol. The summed E-state index contributed by atoms with van der Waals surface area (Å²) in [6, 6.07) is 20.1. The van der Waals surface area contributed by atoms with Crippen molar-refractivity contribution in [2.24, 2.45) is 0 Å². The number of hydrogen-bond acceptors (Lipinski definition) is 6. The number of nitrogens with zero attached hydrogens (tertiary/aromatic N) is 1. The highest BCUT2D eigenvalue weighted by Crippen LogP contribution is 2.39. The van der Waals surface area contributed by atoms with Crippen LogP contribution in [0, 0.1) is 20.8 Å². The summed E-state index contributed by atoms with van der Waals surface area (Å²) in [6.45, 7) is 7.83. The number of imide groups is 1. The van der Waals surface area contributed by atoms with Crippen molar-refractivity contribution in [2.45, 2.75) is 32.6 Å². The molecule has 0 spiro atoms. The quantitative estimate of drug-likeness (QED) is 0.337. The number of amides is 2. The molecular formula is C28H26N2O4S. The van der Waals surface area contributed by atoms with Gasteiger partial charge in [-0.1, -0.05) is 53.2 Å². The molecule has 0 radical (unpaired) electrons. The van der Waals surface area contributed by atoms with Gasteiger partial charge in [0.25, 0.3) is 11.8 Å². The molecule has 35 heavy (non-hydrogen) atoms. The Hall–Kier alpha value is -3.84. The number of esters is 1. The first-order valence-electron chi connectivity index (χ1n) is 11.3. The third-order valence-corrected chi connectivity index (χ3v) is 6.61. The Morgan fingerprint density at radius 2 is 1.63 bits per heavy atom. The molecule has 0 saturated carbocycles. The molecule has 0 aliphatic carbocycles. The number of thioether (sulfide) groups is 1. The van der Waals surface area contributed by atoms with E-state index in [0.29, 0.717) is 21.8 Å². The van der Waals surface area contributed by atoms with E-state index in [4.69, 9.17) is 4.74 Å². The lowest BCUT2D eigenvalue weighted by molar-refractivity contribution is -0.120. The van der Waals surface area contributed by atoms with Crippen molar-refractivity contribution in [3.05, 3.63) is 99.6 Å². The molecule has 1 N–H and O–H groups in total. The summed E-state index contributed by atoms with van der Waals surface area (Å²) in [7, 11) is 0. The van der Waals surface area contributed by atoms with Crippen LogP contribution >= 0.6 is 11.8 Å². The highest BCUT2D eigenvalue weighted by atomic mass is 32.2. The Balaban J connectivity index is 1.74. The van der Waals surface area contributed by atoms with Gasteiger partial charge in [-0.15, -0.1) is 0 Å². The van der Waals surface area contributed by atoms with Gasteiger partial charge >= 0.3 is 5.97 Å². The van der Waals surface area contributed by atoms with Gasteiger partial charge in [-0.05, 0) is 69.7 Å². The number of anilines is 2. The molecule has 0 saturated heterocycles. The number of rotatable bonds is 7. The number of aryl methyl sites for hydroxylation is 3. The fraction of sp³-hybridized carbons (Fsp3) is 0.179. The fourth-order valence-corrected chi connectivity index (χ4v) is 4.72. The van der Waals surface area contributed by atoms with Gasteiger partial charge in [0.05, 0.1) is 17.9 Å². The lowest BCUT2D eigenvalue weighted by atomic mass is 10.1. The maximum atomic E-state index is 13.6. The van der Waals surface area contributed by atoms with Crippen molar-refractivity contribution in [1.82, 2.24) is 0 Å². The number of hydrogen-bond donors (Lipinski definition) is 1. The van der Waals surface area contributed by atoms with E-state index in [9.17, 15) is 14.4 Å². The van der Waals surface area contributed by atoms with E-state index in [-0.39, 0.29) is 12.3 Å². The maximum Gasteiger partial charge on any atom is 0.338 e. The molecule has 1 aliphatic rings. The molecule has 178 valence electrons. The maximum absolute atomic E-state index is 13.6. The van der Waals surface area contributed by atoms with Crippen LogP contribution in [0.25, 0.3) is 0 Å². The number of nitrogens with one attached hydrogen (secondary N) is 1. The lowest BCUT2D eigenvalue weighted by Gasteiger charge is -2.18. The van der Waals surface area contributed by atoms with E-state index < -0.39 is 17.8 Å². The van der Waals surface area contributed by atoms with Gasteiger partial charge < -0.3 is 10.1 Å². The molecule has 0 bridgehead atoms. The van der Waals surface area contributed by atoms with Crippen LogP contribution in [0.5, 0.6) is 0 Å². The summed E-state index contributed by atoms with van der Waals surface area (Å²) >= 11 is 1.24. The molecule has 0 aromatic heterocycles. The van der Waals surface area contributed by atoms with Crippen molar-refractivity contribution in [1.29, 1.82) is 0 Å². The van der Waals surface area contributed by atoms with Crippen molar-refractivity contribution in [2.75, 3.05) is 16.8 Å². The van der Waals surface area contributed by atoms with Crippen molar-refractivity contribution >= 4 is 40.9 Å². The molecule has 6 nitrogen and oxygen atoms in total. The summed E-state index contributed by atoms with van der Waals surface area (Å²) in [6.07, 6.45) is 0. The molecule has 0 fully saturated rings. The summed E-state index contributed by atoms with van der Waals surface area (Å²) in [5.41, 5.74) is 4.55. The van der Waals surface area contributed by atoms with E-state index in [1.165, 1.54) is 16.7 Å². The van der Waals surface area contributed by atoms with Crippen LogP contribution in [0.4, 0.5) is 11.4 Å². The second-order valence-corrected chi connectivity index (χ2v) is 9.36. The Morgan fingerprint density at radius 1 is 0.914 bits per heavy atom. The van der Waals surface area contributed by atoms with Crippen LogP contribution in [0.3, 0.4) is 0 Å². The van der Waals surface area contributed by atoms with Gasteiger partial charge in [0.1, 0.15) is 10.6 Å². The largest absolute Gasteiger partial charge is 0.462 e. The zero-order chi connectivity index (χ0) is 25.1. The smallest absolute Gasteiger partial charge is 0.338 e. The van der Waals surface area contributed by atoms with Gasteiger partial charge in [-0.25, -0.2) is 9.69 Å². The van der Waals surface area contributed by atoms with Crippen LogP contribution < -0.4 is 10.2 Å². The van der Waals surface area contributed by atoms with Gasteiger partial charge in [0, 0.05) is 10.6 Å². The van der Waals surface area contributed by atoms with Crippen LogP contribution in [0.2, 0.25) is 0 Å². The summed E-state index contributed by atoms with van der Waals surface area (Å²) in [5.74, 6) is -1.29. The highest BCUT2D eigenvalue weighted by Gasteiger charge is 2.40. The first-order valence-corrected chi connectivity index (χ1v) is 12.1. The van der Waals surface area contributed by atoms with E-state index in [1.54, 1.807) is 37.3 Å². The van der Waals surface area contributed by atoms with Gasteiger partial charge in [0.15, 0.2) is 0 Å². The zero-order valence-corrected chi connectivity index (χ0v) is 20.9. The molecule has 2 amide bonds. The predicted octanol–water partition coefficient (Wildman–Crippen LogP) is 5.78. The average Bonchev–Trinajstić information content (AvgIpc) is 3.05. The standard InChI is InChI=1S/C28H26N2O4S/c1-5-34-28(33)20-7-6-8-21(16-20)29-24-25(35-22-12-9-17(2)10-13-22)27(32)30(26(24)31)23-14-11-18(3)15-19(23)4/h6-16,29H,5H2,1-4H3.